The van der Waals surface area contributed by atoms with Gasteiger partial charge in [-0.2, -0.15) is 0 Å². The minimum Gasteiger partial charge on any atom is -0.493 e. The van der Waals surface area contributed by atoms with Gasteiger partial charge in [-0.3, -0.25) is 4.79 Å². The molecule has 1 amide bonds. The third-order valence-corrected chi connectivity index (χ3v) is 5.25. The highest BCUT2D eigenvalue weighted by Crippen LogP contribution is 2.15. The Balaban J connectivity index is 1.81. The zero-order chi connectivity index (χ0) is 15.5. The Morgan fingerprint density at radius 1 is 1.38 bits per heavy atom. The van der Waals surface area contributed by atoms with Gasteiger partial charge in [0.1, 0.15) is 5.75 Å². The highest BCUT2D eigenvalue weighted by molar-refractivity contribution is 7.91. The number of carbonyl (C=O) groups excluding carboxylic acids is 1. The minimum absolute atomic E-state index is 0.0392. The van der Waals surface area contributed by atoms with Crippen LogP contribution < -0.4 is 10.5 Å². The van der Waals surface area contributed by atoms with Crippen molar-refractivity contribution in [2.45, 2.75) is 19.4 Å². The van der Waals surface area contributed by atoms with Crippen molar-refractivity contribution in [3.05, 3.63) is 24.3 Å². The summed E-state index contributed by atoms with van der Waals surface area (Å²) >= 11 is 0. The number of benzene rings is 1. The summed E-state index contributed by atoms with van der Waals surface area (Å²) in [5.74, 6) is 0.665. The van der Waals surface area contributed by atoms with Gasteiger partial charge in [0.25, 0.3) is 0 Å². The Hall–Kier alpha value is -1.76. The molecule has 1 heterocycles. The normalized spacial score (nSPS) is 21.0. The number of nitrogens with zero attached hydrogens (tertiary/aromatic N) is 1. The first-order valence-corrected chi connectivity index (χ1v) is 8.68. The van der Waals surface area contributed by atoms with Crippen molar-refractivity contribution >= 4 is 21.4 Å². The molecule has 0 bridgehead atoms. The zero-order valence-electron chi connectivity index (χ0n) is 12.0. The Bertz CT molecular complexity index is 598. The van der Waals surface area contributed by atoms with Gasteiger partial charge in [0, 0.05) is 18.3 Å². The molecule has 1 aliphatic rings. The van der Waals surface area contributed by atoms with Crippen LogP contribution in [0, 0.1) is 0 Å². The molecule has 1 atom stereocenters. The van der Waals surface area contributed by atoms with E-state index in [9.17, 15) is 13.2 Å². The van der Waals surface area contributed by atoms with Crippen molar-refractivity contribution in [3.63, 3.8) is 0 Å². The molecule has 116 valence electrons. The second-order valence-corrected chi connectivity index (χ2v) is 7.45. The summed E-state index contributed by atoms with van der Waals surface area (Å²) in [6.45, 7) is 2.29. The molecule has 1 saturated heterocycles. The third-order valence-electron chi connectivity index (χ3n) is 3.46. The quantitative estimate of drug-likeness (QED) is 0.826. The monoisotopic (exact) mass is 312 g/mol. The summed E-state index contributed by atoms with van der Waals surface area (Å²) in [5.41, 5.74) is 6.23. The molecule has 1 aromatic rings. The highest BCUT2D eigenvalue weighted by atomic mass is 32.2. The number of hydrogen-bond acceptors (Lipinski definition) is 5. The van der Waals surface area contributed by atoms with Gasteiger partial charge in [0.15, 0.2) is 9.84 Å². The van der Waals surface area contributed by atoms with Crippen LogP contribution in [-0.2, 0) is 14.6 Å². The second-order valence-electron chi connectivity index (χ2n) is 5.22. The van der Waals surface area contributed by atoms with Crippen molar-refractivity contribution in [2.24, 2.45) is 0 Å². The molecule has 2 rings (SSSR count). The number of nitrogen functional groups attached to an aromatic ring is 1. The van der Waals surface area contributed by atoms with E-state index < -0.39 is 9.84 Å². The van der Waals surface area contributed by atoms with Gasteiger partial charge in [0.2, 0.25) is 5.91 Å². The van der Waals surface area contributed by atoms with Crippen LogP contribution in [0.1, 0.15) is 13.3 Å². The van der Waals surface area contributed by atoms with E-state index in [1.54, 1.807) is 36.1 Å². The van der Waals surface area contributed by atoms with Crippen LogP contribution in [0.25, 0.3) is 0 Å². The van der Waals surface area contributed by atoms with E-state index in [-0.39, 0.29) is 43.0 Å². The van der Waals surface area contributed by atoms with Gasteiger partial charge in [0.05, 0.1) is 24.5 Å². The van der Waals surface area contributed by atoms with Crippen LogP contribution in [0.3, 0.4) is 0 Å². The molecule has 21 heavy (non-hydrogen) atoms. The van der Waals surface area contributed by atoms with E-state index in [4.69, 9.17) is 10.5 Å². The molecule has 1 unspecified atom stereocenters. The van der Waals surface area contributed by atoms with E-state index in [0.29, 0.717) is 11.4 Å². The lowest BCUT2D eigenvalue weighted by Gasteiger charge is -2.33. The molecule has 0 aliphatic carbocycles. The van der Waals surface area contributed by atoms with Crippen molar-refractivity contribution in [2.75, 3.05) is 30.4 Å². The topological polar surface area (TPSA) is 89.7 Å². The third kappa shape index (κ3) is 4.35. The average Bonchev–Trinajstić information content (AvgIpc) is 2.40. The molecular formula is C14H20N2O4S. The predicted octanol–water partition coefficient (Wildman–Crippen LogP) is 0.683. The minimum atomic E-state index is -3.00. The molecule has 1 fully saturated rings. The molecule has 0 aromatic heterocycles. The SMILES string of the molecule is CC1CS(=O)(=O)CCN1C(=O)CCOc1ccc(N)cc1. The molecule has 6 nitrogen and oxygen atoms in total. The fourth-order valence-corrected chi connectivity index (χ4v) is 3.89. The zero-order valence-corrected chi connectivity index (χ0v) is 12.8. The van der Waals surface area contributed by atoms with Crippen LogP contribution in [0.4, 0.5) is 5.69 Å². The molecule has 1 aliphatic heterocycles. The Morgan fingerprint density at radius 2 is 2.05 bits per heavy atom. The van der Waals surface area contributed by atoms with Crippen LogP contribution in [-0.4, -0.2) is 49.9 Å². The summed E-state index contributed by atoms with van der Waals surface area (Å²) in [5, 5.41) is 0. The van der Waals surface area contributed by atoms with Gasteiger partial charge in [-0.15, -0.1) is 0 Å². The molecule has 0 saturated carbocycles. The fraction of sp³-hybridized carbons (Fsp3) is 0.500. The predicted molar refractivity (Wildman–Crippen MR) is 80.8 cm³/mol. The molecule has 0 spiro atoms. The average molecular weight is 312 g/mol. The Kier molecular flexibility index (Phi) is 4.72. The van der Waals surface area contributed by atoms with Gasteiger partial charge in [-0.25, -0.2) is 8.42 Å². The van der Waals surface area contributed by atoms with Crippen LogP contribution in [0.15, 0.2) is 24.3 Å². The summed E-state index contributed by atoms with van der Waals surface area (Å²) in [7, 11) is -3.00. The maximum Gasteiger partial charge on any atom is 0.226 e. The smallest absolute Gasteiger partial charge is 0.226 e. The summed E-state index contributed by atoms with van der Waals surface area (Å²) in [6.07, 6.45) is 0.231. The number of ether oxygens (including phenoxy) is 1. The maximum atomic E-state index is 12.1. The number of amides is 1. The highest BCUT2D eigenvalue weighted by Gasteiger charge is 2.30. The lowest BCUT2D eigenvalue weighted by molar-refractivity contribution is -0.133. The maximum absolute atomic E-state index is 12.1. The van der Waals surface area contributed by atoms with Crippen molar-refractivity contribution in [1.29, 1.82) is 0 Å². The molecule has 7 heteroatoms. The lowest BCUT2D eigenvalue weighted by Crippen LogP contribution is -2.50. The summed E-state index contributed by atoms with van der Waals surface area (Å²) in [6, 6.07) is 6.68. The van der Waals surface area contributed by atoms with Gasteiger partial charge in [-0.05, 0) is 31.2 Å². The second kappa shape index (κ2) is 6.34. The summed E-state index contributed by atoms with van der Waals surface area (Å²) < 4.78 is 28.4. The van der Waals surface area contributed by atoms with Crippen molar-refractivity contribution in [1.82, 2.24) is 4.90 Å². The molecule has 1 aromatic carbocycles. The first-order chi connectivity index (χ1) is 9.87. The van der Waals surface area contributed by atoms with Crippen molar-refractivity contribution in [3.8, 4) is 5.75 Å². The van der Waals surface area contributed by atoms with Crippen LogP contribution in [0.2, 0.25) is 0 Å². The number of sulfone groups is 1. The Labute approximate surface area is 124 Å². The molecule has 2 N–H and O–H groups in total. The van der Waals surface area contributed by atoms with Crippen LogP contribution >= 0.6 is 0 Å². The van der Waals surface area contributed by atoms with Gasteiger partial charge >= 0.3 is 0 Å². The number of hydrogen-bond donors (Lipinski definition) is 1. The number of anilines is 1. The van der Waals surface area contributed by atoms with Crippen molar-refractivity contribution < 1.29 is 17.9 Å². The Morgan fingerprint density at radius 3 is 2.67 bits per heavy atom. The standard InChI is InChI=1S/C14H20N2O4S/c1-11-10-21(18,19)9-7-16(11)14(17)6-8-20-13-4-2-12(15)3-5-13/h2-5,11H,6-10,15H2,1H3. The first kappa shape index (κ1) is 15.6. The van der Waals surface area contributed by atoms with E-state index in [1.165, 1.54) is 0 Å². The lowest BCUT2D eigenvalue weighted by atomic mass is 10.2. The van der Waals surface area contributed by atoms with Gasteiger partial charge < -0.3 is 15.4 Å². The number of rotatable bonds is 4. The van der Waals surface area contributed by atoms with E-state index in [1.807, 2.05) is 0 Å². The first-order valence-electron chi connectivity index (χ1n) is 6.85. The van der Waals surface area contributed by atoms with E-state index in [0.717, 1.165) is 0 Å². The largest absolute Gasteiger partial charge is 0.493 e. The molecule has 0 radical (unpaired) electrons. The summed E-state index contributed by atoms with van der Waals surface area (Å²) in [4.78, 5) is 13.7. The fourth-order valence-electron chi connectivity index (χ4n) is 2.33. The van der Waals surface area contributed by atoms with Gasteiger partial charge in [-0.1, -0.05) is 0 Å². The van der Waals surface area contributed by atoms with E-state index in [2.05, 4.69) is 0 Å². The molecular weight excluding hydrogens is 292 g/mol. The number of nitrogens with two attached hydrogens (primary N) is 1. The van der Waals surface area contributed by atoms with Crippen LogP contribution in [0.5, 0.6) is 5.75 Å². The van der Waals surface area contributed by atoms with E-state index >= 15 is 0 Å². The number of carbonyl (C=O) groups is 1.